The molecule has 0 spiro atoms. The first-order valence-corrected chi connectivity index (χ1v) is 11.9. The zero-order chi connectivity index (χ0) is 23.7. The molecule has 0 saturated heterocycles. The van der Waals surface area contributed by atoms with Gasteiger partial charge in [-0.2, -0.15) is 0 Å². The second-order valence-electron chi connectivity index (χ2n) is 8.50. The second kappa shape index (κ2) is 9.35. The summed E-state index contributed by atoms with van der Waals surface area (Å²) in [5.74, 6) is -0.276. The molecular weight excluding hydrogens is 492 g/mol. The van der Waals surface area contributed by atoms with Crippen LogP contribution < -0.4 is 10.6 Å². The van der Waals surface area contributed by atoms with E-state index in [4.69, 9.17) is 0 Å². The number of allylic oxidation sites excluding steroid dienone is 3. The number of nitrogens with one attached hydrogen (secondary N) is 2. The molecule has 0 unspecified atom stereocenters. The molecule has 1 amide bonds. The molecule has 0 bridgehead atoms. The van der Waals surface area contributed by atoms with Crippen LogP contribution in [0.3, 0.4) is 0 Å². The number of Topliss-reactive ketones (excluding diaryl/α,β-unsaturated/α-hetero) is 1. The summed E-state index contributed by atoms with van der Waals surface area (Å²) in [4.78, 5) is 35.9. The summed E-state index contributed by atoms with van der Waals surface area (Å²) in [7, 11) is 0. The van der Waals surface area contributed by atoms with Crippen molar-refractivity contribution in [2.45, 2.75) is 31.6 Å². The van der Waals surface area contributed by atoms with Gasteiger partial charge in [0.2, 0.25) is 0 Å². The number of carbonyl (C=O) groups excluding carboxylic acids is 2. The van der Waals surface area contributed by atoms with Crippen molar-refractivity contribution in [2.75, 3.05) is 5.32 Å². The zero-order valence-electron chi connectivity index (χ0n) is 18.6. The molecule has 7 heteroatoms. The molecule has 0 saturated carbocycles. The molecule has 2 aromatic heterocycles. The lowest BCUT2D eigenvalue weighted by molar-refractivity contribution is -0.116. The van der Waals surface area contributed by atoms with E-state index in [0.29, 0.717) is 41.2 Å². The van der Waals surface area contributed by atoms with E-state index in [-0.39, 0.29) is 17.6 Å². The Morgan fingerprint density at radius 1 is 1.03 bits per heavy atom. The van der Waals surface area contributed by atoms with Crippen LogP contribution in [0.25, 0.3) is 0 Å². The Kier molecular flexibility index (Phi) is 6.11. The van der Waals surface area contributed by atoms with Crippen LogP contribution in [-0.2, 0) is 9.59 Å². The molecule has 2 atom stereocenters. The molecule has 170 valence electrons. The number of anilines is 1. The fraction of sp³-hybridized carbons (Fsp3) is 0.185. The van der Waals surface area contributed by atoms with Gasteiger partial charge in [-0.3, -0.25) is 14.6 Å². The maximum Gasteiger partial charge on any atom is 0.255 e. The largest absolute Gasteiger partial charge is 0.362 e. The average molecular weight is 515 g/mol. The third-order valence-corrected chi connectivity index (χ3v) is 6.76. The summed E-state index contributed by atoms with van der Waals surface area (Å²) < 4.78 is 0.821. The molecule has 2 aliphatic rings. The number of benzene rings is 1. The van der Waals surface area contributed by atoms with Crippen LogP contribution in [0.2, 0.25) is 0 Å². The van der Waals surface area contributed by atoms with Gasteiger partial charge in [0.25, 0.3) is 5.91 Å². The number of rotatable bonds is 4. The molecule has 1 aliphatic carbocycles. The van der Waals surface area contributed by atoms with Crippen LogP contribution in [0.1, 0.15) is 42.9 Å². The van der Waals surface area contributed by atoms with Gasteiger partial charge in [-0.25, -0.2) is 4.98 Å². The summed E-state index contributed by atoms with van der Waals surface area (Å²) in [6, 6.07) is 19.2. The Labute approximate surface area is 206 Å². The third-order valence-electron chi connectivity index (χ3n) is 6.30. The number of dihydropyridines is 1. The van der Waals surface area contributed by atoms with Gasteiger partial charge >= 0.3 is 0 Å². The highest BCUT2D eigenvalue weighted by Crippen LogP contribution is 2.45. The number of hydrogen-bond donors (Lipinski definition) is 2. The lowest BCUT2D eigenvalue weighted by Gasteiger charge is -2.36. The maximum absolute atomic E-state index is 13.6. The number of halogens is 1. The van der Waals surface area contributed by atoms with Crippen LogP contribution in [0.4, 0.5) is 5.82 Å². The van der Waals surface area contributed by atoms with Gasteiger partial charge in [0, 0.05) is 45.8 Å². The molecule has 0 fully saturated rings. The average Bonchev–Trinajstić information content (AvgIpc) is 2.85. The smallest absolute Gasteiger partial charge is 0.255 e. The molecule has 3 aromatic rings. The van der Waals surface area contributed by atoms with E-state index in [9.17, 15) is 9.59 Å². The summed E-state index contributed by atoms with van der Waals surface area (Å²) in [6.45, 7) is 1.88. The standard InChI is InChI=1S/C27H23BrN4O2/c1-16-24(27(34)32-23-11-10-19(28)15-30-23)26(20-9-5-6-12-29-20)25-21(31-16)13-18(14-22(25)33)17-7-3-2-4-8-17/h2-12,15,18,26,31H,13-14H2,1H3,(H,30,32,34)/t18-,26+/m1/s1. The van der Waals surface area contributed by atoms with Crippen molar-refractivity contribution in [2.24, 2.45) is 0 Å². The summed E-state index contributed by atoms with van der Waals surface area (Å²) in [6.07, 6.45) is 4.42. The minimum Gasteiger partial charge on any atom is -0.362 e. The predicted molar refractivity (Wildman–Crippen MR) is 134 cm³/mol. The van der Waals surface area contributed by atoms with Gasteiger partial charge in [0.15, 0.2) is 5.78 Å². The monoisotopic (exact) mass is 514 g/mol. The number of hydrogen-bond acceptors (Lipinski definition) is 5. The van der Waals surface area contributed by atoms with E-state index >= 15 is 0 Å². The Balaban J connectivity index is 1.54. The second-order valence-corrected chi connectivity index (χ2v) is 9.41. The molecule has 3 heterocycles. The van der Waals surface area contributed by atoms with E-state index in [0.717, 1.165) is 15.7 Å². The molecule has 5 rings (SSSR count). The van der Waals surface area contributed by atoms with Crippen LogP contribution in [0, 0.1) is 0 Å². The van der Waals surface area contributed by atoms with Gasteiger partial charge in [-0.15, -0.1) is 0 Å². The Morgan fingerprint density at radius 2 is 1.82 bits per heavy atom. The predicted octanol–water partition coefficient (Wildman–Crippen LogP) is 5.24. The highest BCUT2D eigenvalue weighted by molar-refractivity contribution is 9.10. The maximum atomic E-state index is 13.6. The van der Waals surface area contributed by atoms with Gasteiger partial charge < -0.3 is 10.6 Å². The highest BCUT2D eigenvalue weighted by atomic mass is 79.9. The minimum absolute atomic E-state index is 0.0397. The minimum atomic E-state index is -0.544. The van der Waals surface area contributed by atoms with Crippen molar-refractivity contribution in [3.63, 3.8) is 0 Å². The number of aromatic nitrogens is 2. The fourth-order valence-corrected chi connectivity index (χ4v) is 5.01. The van der Waals surface area contributed by atoms with Crippen LogP contribution in [0.5, 0.6) is 0 Å². The highest BCUT2D eigenvalue weighted by Gasteiger charge is 2.41. The quantitative estimate of drug-likeness (QED) is 0.497. The van der Waals surface area contributed by atoms with E-state index in [1.54, 1.807) is 18.5 Å². The third kappa shape index (κ3) is 4.31. The Morgan fingerprint density at radius 3 is 2.53 bits per heavy atom. The first-order valence-electron chi connectivity index (χ1n) is 11.1. The molecule has 6 nitrogen and oxygen atoms in total. The SMILES string of the molecule is CC1=C(C(=O)Nc2ccc(Br)cn2)[C@H](c2ccccn2)C2=C(C[C@@H](c3ccccc3)CC2=O)N1. The van der Waals surface area contributed by atoms with Crippen molar-refractivity contribution in [1.29, 1.82) is 0 Å². The van der Waals surface area contributed by atoms with Crippen LogP contribution >= 0.6 is 15.9 Å². The Hall–Kier alpha value is -3.58. The van der Waals surface area contributed by atoms with Gasteiger partial charge in [-0.1, -0.05) is 36.4 Å². The van der Waals surface area contributed by atoms with Crippen molar-refractivity contribution >= 4 is 33.4 Å². The van der Waals surface area contributed by atoms with Crippen molar-refractivity contribution in [3.05, 3.63) is 111 Å². The summed E-state index contributed by atoms with van der Waals surface area (Å²) in [5.41, 5.74) is 4.52. The molecular formula is C27H23BrN4O2. The molecule has 1 aromatic carbocycles. The summed E-state index contributed by atoms with van der Waals surface area (Å²) in [5, 5.41) is 6.28. The van der Waals surface area contributed by atoms with Gasteiger partial charge in [0.1, 0.15) is 5.82 Å². The van der Waals surface area contributed by atoms with Gasteiger partial charge in [-0.05, 0) is 65.0 Å². The lowest BCUT2D eigenvalue weighted by Crippen LogP contribution is -2.37. The van der Waals surface area contributed by atoms with Crippen molar-refractivity contribution in [3.8, 4) is 0 Å². The fourth-order valence-electron chi connectivity index (χ4n) is 4.78. The molecule has 2 N–H and O–H groups in total. The number of nitrogens with zero attached hydrogens (tertiary/aromatic N) is 2. The van der Waals surface area contributed by atoms with E-state index in [2.05, 4.69) is 48.7 Å². The van der Waals surface area contributed by atoms with E-state index < -0.39 is 5.92 Å². The first-order chi connectivity index (χ1) is 16.5. The Bertz CT molecular complexity index is 1300. The number of pyridine rings is 2. The van der Waals surface area contributed by atoms with E-state index in [1.807, 2.05) is 49.4 Å². The molecule has 34 heavy (non-hydrogen) atoms. The molecule has 1 aliphatic heterocycles. The normalized spacial score (nSPS) is 20.0. The first kappa shape index (κ1) is 22.2. The summed E-state index contributed by atoms with van der Waals surface area (Å²) >= 11 is 3.36. The number of carbonyl (C=O) groups is 2. The molecule has 0 radical (unpaired) electrons. The van der Waals surface area contributed by atoms with E-state index in [1.165, 1.54) is 0 Å². The number of amides is 1. The van der Waals surface area contributed by atoms with Gasteiger partial charge in [0.05, 0.1) is 11.6 Å². The lowest BCUT2D eigenvalue weighted by atomic mass is 9.72. The topological polar surface area (TPSA) is 84.0 Å². The zero-order valence-corrected chi connectivity index (χ0v) is 20.2. The van der Waals surface area contributed by atoms with Crippen LogP contribution in [-0.4, -0.2) is 21.7 Å². The van der Waals surface area contributed by atoms with Crippen molar-refractivity contribution < 1.29 is 9.59 Å². The van der Waals surface area contributed by atoms with Crippen LogP contribution in [0.15, 0.2) is 100 Å². The van der Waals surface area contributed by atoms with Crippen molar-refractivity contribution in [1.82, 2.24) is 15.3 Å². The number of ketones is 1.